The molecule has 3 N–H and O–H groups in total. The Morgan fingerprint density at radius 3 is 2.59 bits per heavy atom. The maximum Gasteiger partial charge on any atom is 0.573 e. The van der Waals surface area contributed by atoms with Crippen molar-refractivity contribution < 1.29 is 23.0 Å². The van der Waals surface area contributed by atoms with E-state index in [2.05, 4.69) is 32.3 Å². The van der Waals surface area contributed by atoms with Crippen LogP contribution in [0.1, 0.15) is 43.1 Å². The smallest absolute Gasteiger partial charge is 0.406 e. The predicted octanol–water partition coefficient (Wildman–Crippen LogP) is 6.10. The lowest BCUT2D eigenvalue weighted by atomic mass is 10.1. The van der Waals surface area contributed by atoms with Crippen LogP contribution in [0.5, 0.6) is 5.75 Å². The molecule has 1 aliphatic rings. The number of hydrogen-bond acceptors (Lipinski definition) is 9. The van der Waals surface area contributed by atoms with Crippen LogP contribution in [0.3, 0.4) is 0 Å². The number of hydrogen-bond donors (Lipinski definition) is 3. The zero-order valence-corrected chi connectivity index (χ0v) is 22.4. The number of aliphatic hydroxyl groups is 1. The minimum absolute atomic E-state index is 0.159. The van der Waals surface area contributed by atoms with E-state index in [0.717, 1.165) is 63.4 Å². The zero-order chi connectivity index (χ0) is 27.6. The lowest BCUT2D eigenvalue weighted by Gasteiger charge is -2.18. The van der Waals surface area contributed by atoms with Crippen LogP contribution in [0.4, 0.5) is 24.9 Å². The number of fused-ring (bicyclic) bond motifs is 1. The van der Waals surface area contributed by atoms with Crippen molar-refractivity contribution in [2.24, 2.45) is 5.92 Å². The van der Waals surface area contributed by atoms with Gasteiger partial charge in [-0.25, -0.2) is 9.97 Å². The molecule has 4 aromatic rings. The highest BCUT2D eigenvalue weighted by Gasteiger charge is 2.31. The number of aryl methyl sites for hydroxylation is 2. The van der Waals surface area contributed by atoms with E-state index in [9.17, 15) is 18.3 Å². The summed E-state index contributed by atoms with van der Waals surface area (Å²) >= 11 is 1.57. The molecule has 3 aromatic heterocycles. The van der Waals surface area contributed by atoms with E-state index in [1.165, 1.54) is 12.1 Å². The molecule has 3 heterocycles. The van der Waals surface area contributed by atoms with E-state index in [0.29, 0.717) is 18.3 Å². The molecule has 0 amide bonds. The first-order valence-electron chi connectivity index (χ1n) is 12.8. The third kappa shape index (κ3) is 6.39. The van der Waals surface area contributed by atoms with E-state index >= 15 is 0 Å². The fraction of sp³-hybridized carbons (Fsp3) is 0.407. The molecular formula is C27H29F3N6O2S. The van der Waals surface area contributed by atoms with Crippen molar-refractivity contribution in [1.29, 1.82) is 0 Å². The number of nitrogens with zero attached hydrogens (tertiary/aromatic N) is 4. The third-order valence-electron chi connectivity index (χ3n) is 6.77. The van der Waals surface area contributed by atoms with Gasteiger partial charge in [0.25, 0.3) is 0 Å². The predicted molar refractivity (Wildman–Crippen MR) is 145 cm³/mol. The quantitative estimate of drug-likeness (QED) is 0.226. The number of nitrogens with one attached hydrogen (secondary N) is 2. The van der Waals surface area contributed by atoms with E-state index < -0.39 is 6.36 Å². The monoisotopic (exact) mass is 558 g/mol. The van der Waals surface area contributed by atoms with Crippen LogP contribution in [0.15, 0.2) is 36.5 Å². The van der Waals surface area contributed by atoms with Gasteiger partial charge < -0.3 is 20.5 Å². The van der Waals surface area contributed by atoms with Crippen molar-refractivity contribution in [3.63, 3.8) is 0 Å². The Hall–Kier alpha value is -3.51. The Morgan fingerprint density at radius 1 is 1.10 bits per heavy atom. The molecule has 0 radical (unpaired) electrons. The second-order valence-corrected chi connectivity index (χ2v) is 10.6. The summed E-state index contributed by atoms with van der Waals surface area (Å²) < 4.78 is 42.3. The molecule has 1 aliphatic carbocycles. The molecule has 12 heteroatoms. The largest absolute Gasteiger partial charge is 0.573 e. The number of anilines is 2. The van der Waals surface area contributed by atoms with Gasteiger partial charge in [-0.15, -0.1) is 24.5 Å². The standard InChI is InChI=1S/C27H29F3N6O2S/c1-3-20-23-21(10-11-31-20)39-25(35-23)22-15(2)33-26(36-24(22)34-18-7-4-17(12-18)14-37)32-13-16-5-8-19(9-6-16)38-27(28,29)30/h5-6,8-11,17-18,37H,3-4,7,12-14H2,1-2H3,(H2,32,33,34,36). The molecule has 39 heavy (non-hydrogen) atoms. The number of pyridine rings is 1. The summed E-state index contributed by atoms with van der Waals surface area (Å²) in [5.74, 6) is 1.04. The second kappa shape index (κ2) is 11.3. The SMILES string of the molecule is CCc1nccc2sc(-c3c(C)nc(NCc4ccc(OC(F)(F)F)cc4)nc3NC3CCC(CO)C3)nc12. The van der Waals surface area contributed by atoms with Crippen molar-refractivity contribution in [1.82, 2.24) is 19.9 Å². The summed E-state index contributed by atoms with van der Waals surface area (Å²) in [6.45, 7) is 4.44. The normalized spacial score (nSPS) is 17.5. The van der Waals surface area contributed by atoms with Gasteiger partial charge in [0.1, 0.15) is 22.1 Å². The van der Waals surface area contributed by atoms with Crippen LogP contribution >= 0.6 is 11.3 Å². The Kier molecular flexibility index (Phi) is 7.85. The highest BCUT2D eigenvalue weighted by molar-refractivity contribution is 7.21. The summed E-state index contributed by atoms with van der Waals surface area (Å²) in [7, 11) is 0. The van der Waals surface area contributed by atoms with Crippen LogP contribution in [0.2, 0.25) is 0 Å². The Morgan fingerprint density at radius 2 is 1.90 bits per heavy atom. The summed E-state index contributed by atoms with van der Waals surface area (Å²) in [5.41, 5.74) is 4.13. The molecule has 2 atom stereocenters. The molecule has 0 bridgehead atoms. The lowest BCUT2D eigenvalue weighted by Crippen LogP contribution is -2.19. The van der Waals surface area contributed by atoms with Crippen LogP contribution < -0.4 is 15.4 Å². The number of rotatable bonds is 9. The van der Waals surface area contributed by atoms with Crippen molar-refractivity contribution >= 4 is 33.3 Å². The highest BCUT2D eigenvalue weighted by Crippen LogP contribution is 2.38. The van der Waals surface area contributed by atoms with Gasteiger partial charge in [-0.2, -0.15) is 4.98 Å². The zero-order valence-electron chi connectivity index (χ0n) is 21.5. The van der Waals surface area contributed by atoms with Crippen molar-refractivity contribution in [3.8, 4) is 16.3 Å². The Labute approximate surface area is 227 Å². The molecule has 0 aliphatic heterocycles. The van der Waals surface area contributed by atoms with Gasteiger partial charge in [0.2, 0.25) is 5.95 Å². The number of alkyl halides is 3. The maximum absolute atomic E-state index is 12.5. The highest BCUT2D eigenvalue weighted by atomic mass is 32.1. The number of aliphatic hydroxyl groups excluding tert-OH is 1. The molecule has 8 nitrogen and oxygen atoms in total. The van der Waals surface area contributed by atoms with E-state index in [-0.39, 0.29) is 24.3 Å². The molecule has 0 saturated heterocycles. The van der Waals surface area contributed by atoms with E-state index in [4.69, 9.17) is 9.97 Å². The van der Waals surface area contributed by atoms with Gasteiger partial charge in [-0.1, -0.05) is 19.1 Å². The molecule has 1 aromatic carbocycles. The minimum atomic E-state index is -4.73. The van der Waals surface area contributed by atoms with Crippen LogP contribution in [0, 0.1) is 12.8 Å². The molecular weight excluding hydrogens is 529 g/mol. The molecule has 1 fully saturated rings. The number of thiazole rings is 1. The topological polar surface area (TPSA) is 105 Å². The van der Waals surface area contributed by atoms with Crippen molar-refractivity contribution in [2.75, 3.05) is 17.2 Å². The van der Waals surface area contributed by atoms with Crippen LogP contribution in [0.25, 0.3) is 20.8 Å². The number of aromatic nitrogens is 4. The summed E-state index contributed by atoms with van der Waals surface area (Å²) in [4.78, 5) is 18.9. The summed E-state index contributed by atoms with van der Waals surface area (Å²) in [6, 6.07) is 7.79. The first kappa shape index (κ1) is 27.1. The molecule has 2 unspecified atom stereocenters. The Bertz CT molecular complexity index is 1440. The van der Waals surface area contributed by atoms with Crippen molar-refractivity contribution in [2.45, 2.75) is 58.5 Å². The Balaban J connectivity index is 1.43. The maximum atomic E-state index is 12.5. The van der Waals surface area contributed by atoms with Crippen LogP contribution in [-0.4, -0.2) is 44.1 Å². The number of ether oxygens (including phenoxy) is 1. The molecule has 0 spiro atoms. The van der Waals surface area contributed by atoms with E-state index in [1.54, 1.807) is 29.7 Å². The van der Waals surface area contributed by atoms with Crippen molar-refractivity contribution in [3.05, 3.63) is 53.5 Å². The second-order valence-electron chi connectivity index (χ2n) is 9.58. The number of benzene rings is 1. The minimum Gasteiger partial charge on any atom is -0.406 e. The summed E-state index contributed by atoms with van der Waals surface area (Å²) in [6.07, 6.45) is 0.556. The molecule has 206 valence electrons. The molecule has 1 saturated carbocycles. The van der Waals surface area contributed by atoms with Gasteiger partial charge >= 0.3 is 6.36 Å². The van der Waals surface area contributed by atoms with Crippen LogP contribution in [-0.2, 0) is 13.0 Å². The first-order valence-corrected chi connectivity index (χ1v) is 13.6. The summed E-state index contributed by atoms with van der Waals surface area (Å²) in [5, 5.41) is 17.2. The fourth-order valence-electron chi connectivity index (χ4n) is 4.84. The molecule has 5 rings (SSSR count). The van der Waals surface area contributed by atoms with Gasteiger partial charge in [0.15, 0.2) is 0 Å². The third-order valence-corrected chi connectivity index (χ3v) is 7.81. The van der Waals surface area contributed by atoms with Gasteiger partial charge in [-0.3, -0.25) is 4.98 Å². The number of halogens is 3. The van der Waals surface area contributed by atoms with Gasteiger partial charge in [0, 0.05) is 25.4 Å². The average molecular weight is 559 g/mol. The van der Waals surface area contributed by atoms with Gasteiger partial charge in [0.05, 0.1) is 21.7 Å². The fourth-order valence-corrected chi connectivity index (χ4v) is 5.92. The lowest BCUT2D eigenvalue weighted by molar-refractivity contribution is -0.274. The van der Waals surface area contributed by atoms with E-state index in [1.807, 2.05) is 13.0 Å². The van der Waals surface area contributed by atoms with Gasteiger partial charge in [-0.05, 0) is 62.3 Å². The first-order chi connectivity index (χ1) is 18.7. The average Bonchev–Trinajstić information content (AvgIpc) is 3.54.